The summed E-state index contributed by atoms with van der Waals surface area (Å²) in [5.41, 5.74) is 0.918. The van der Waals surface area contributed by atoms with Gasteiger partial charge in [0.05, 0.1) is 22.8 Å². The van der Waals surface area contributed by atoms with E-state index in [1.165, 1.54) is 16.7 Å². The Morgan fingerprint density at radius 1 is 1.19 bits per heavy atom. The first-order valence-corrected chi connectivity index (χ1v) is 6.30. The van der Waals surface area contributed by atoms with E-state index in [4.69, 9.17) is 5.26 Å². The molecule has 0 unspecified atom stereocenters. The van der Waals surface area contributed by atoms with Gasteiger partial charge in [0, 0.05) is 0 Å². The van der Waals surface area contributed by atoms with Crippen LogP contribution in [-0.4, -0.2) is 9.55 Å². The van der Waals surface area contributed by atoms with Gasteiger partial charge in [0.15, 0.2) is 0 Å². The lowest BCUT2D eigenvalue weighted by Crippen LogP contribution is -2.23. The maximum absolute atomic E-state index is 13.9. The lowest BCUT2D eigenvalue weighted by molar-refractivity contribution is 0.637. The van der Waals surface area contributed by atoms with Crippen molar-refractivity contribution in [1.29, 1.82) is 5.26 Å². The van der Waals surface area contributed by atoms with E-state index in [9.17, 15) is 9.18 Å². The maximum atomic E-state index is 13.9. The largest absolute Gasteiger partial charge is 0.268 e. The first kappa shape index (κ1) is 13.0. The summed E-state index contributed by atoms with van der Waals surface area (Å²) in [5.74, 6) is -0.129. The van der Waals surface area contributed by atoms with Crippen LogP contribution < -0.4 is 5.56 Å². The minimum Gasteiger partial charge on any atom is -0.268 e. The van der Waals surface area contributed by atoms with Crippen molar-refractivity contribution < 1.29 is 4.39 Å². The topological polar surface area (TPSA) is 58.7 Å². The monoisotopic (exact) mass is 279 g/mol. The molecule has 3 rings (SSSR count). The third-order valence-corrected chi connectivity index (χ3v) is 3.27. The van der Waals surface area contributed by atoms with Gasteiger partial charge in [-0.3, -0.25) is 9.36 Å². The summed E-state index contributed by atoms with van der Waals surface area (Å²) in [5, 5.41) is 8.77. The molecule has 0 atom stereocenters. The van der Waals surface area contributed by atoms with Crippen molar-refractivity contribution in [3.63, 3.8) is 0 Å². The number of hydrogen-bond acceptors (Lipinski definition) is 3. The van der Waals surface area contributed by atoms with Crippen molar-refractivity contribution in [2.24, 2.45) is 0 Å². The van der Waals surface area contributed by atoms with E-state index >= 15 is 0 Å². The average molecular weight is 279 g/mol. The first-order chi connectivity index (χ1) is 10.1. The Labute approximate surface area is 119 Å². The number of aryl methyl sites for hydroxylation is 1. The van der Waals surface area contributed by atoms with Crippen molar-refractivity contribution in [1.82, 2.24) is 9.55 Å². The molecule has 0 fully saturated rings. The van der Waals surface area contributed by atoms with Gasteiger partial charge in [-0.1, -0.05) is 6.07 Å². The fourth-order valence-electron chi connectivity index (χ4n) is 2.29. The molecule has 3 aromatic rings. The Hall–Kier alpha value is -3.00. The molecule has 2 aromatic carbocycles. The molecule has 102 valence electrons. The molecule has 1 aromatic heterocycles. The van der Waals surface area contributed by atoms with Crippen molar-refractivity contribution in [3.8, 4) is 11.8 Å². The van der Waals surface area contributed by atoms with Crippen LogP contribution in [0.25, 0.3) is 16.6 Å². The number of rotatable bonds is 1. The standard InChI is InChI=1S/C16H10FN3O/c1-10-19-14-4-2-3-13(17)15(14)16(21)20(10)12-7-5-11(9-18)6-8-12/h2-8H,1H3. The predicted octanol–water partition coefficient (Wildman–Crippen LogP) is 2.70. The molecule has 0 saturated carbocycles. The van der Waals surface area contributed by atoms with Crippen LogP contribution in [0.3, 0.4) is 0 Å². The van der Waals surface area contributed by atoms with Crippen molar-refractivity contribution >= 4 is 10.9 Å². The number of benzene rings is 2. The summed E-state index contributed by atoms with van der Waals surface area (Å²) in [6.07, 6.45) is 0. The van der Waals surface area contributed by atoms with Crippen LogP contribution in [0.1, 0.15) is 11.4 Å². The number of aromatic nitrogens is 2. The zero-order valence-corrected chi connectivity index (χ0v) is 11.2. The van der Waals surface area contributed by atoms with Gasteiger partial charge >= 0.3 is 0 Å². The van der Waals surface area contributed by atoms with Gasteiger partial charge < -0.3 is 0 Å². The highest BCUT2D eigenvalue weighted by Crippen LogP contribution is 2.15. The highest BCUT2D eigenvalue weighted by atomic mass is 19.1. The first-order valence-electron chi connectivity index (χ1n) is 6.30. The Morgan fingerprint density at radius 3 is 2.57 bits per heavy atom. The second-order valence-corrected chi connectivity index (χ2v) is 4.59. The van der Waals surface area contributed by atoms with E-state index in [-0.39, 0.29) is 5.39 Å². The van der Waals surface area contributed by atoms with E-state index < -0.39 is 11.4 Å². The molecule has 5 heteroatoms. The van der Waals surface area contributed by atoms with E-state index in [2.05, 4.69) is 4.98 Å². The van der Waals surface area contributed by atoms with Gasteiger partial charge in [0.25, 0.3) is 5.56 Å². The maximum Gasteiger partial charge on any atom is 0.268 e. The van der Waals surface area contributed by atoms with Crippen LogP contribution in [0.5, 0.6) is 0 Å². The van der Waals surface area contributed by atoms with Crippen molar-refractivity contribution in [3.05, 3.63) is 70.0 Å². The molecule has 0 amide bonds. The Morgan fingerprint density at radius 2 is 1.90 bits per heavy atom. The second-order valence-electron chi connectivity index (χ2n) is 4.59. The smallest absolute Gasteiger partial charge is 0.268 e. The number of nitrogens with zero attached hydrogens (tertiary/aromatic N) is 3. The van der Waals surface area contributed by atoms with Crippen molar-refractivity contribution in [2.75, 3.05) is 0 Å². The highest BCUT2D eigenvalue weighted by Gasteiger charge is 2.13. The third kappa shape index (κ3) is 2.07. The van der Waals surface area contributed by atoms with Gasteiger partial charge in [-0.25, -0.2) is 9.37 Å². The number of halogens is 1. The summed E-state index contributed by atoms with van der Waals surface area (Å²) < 4.78 is 15.2. The van der Waals surface area contributed by atoms with Gasteiger partial charge in [0.1, 0.15) is 17.0 Å². The van der Waals surface area contributed by atoms with Crippen LogP contribution >= 0.6 is 0 Å². The average Bonchev–Trinajstić information content (AvgIpc) is 2.47. The second kappa shape index (κ2) is 4.84. The molecule has 0 N–H and O–H groups in total. The van der Waals surface area contributed by atoms with E-state index in [0.717, 1.165) is 0 Å². The summed E-state index contributed by atoms with van der Waals surface area (Å²) in [7, 11) is 0. The molecule has 0 spiro atoms. The molecule has 0 radical (unpaired) electrons. The summed E-state index contributed by atoms with van der Waals surface area (Å²) in [4.78, 5) is 16.8. The van der Waals surface area contributed by atoms with E-state index in [1.54, 1.807) is 37.3 Å². The quantitative estimate of drug-likeness (QED) is 0.688. The van der Waals surface area contributed by atoms with Crippen LogP contribution in [0.15, 0.2) is 47.3 Å². The van der Waals surface area contributed by atoms with Crippen molar-refractivity contribution in [2.45, 2.75) is 6.92 Å². The minimum atomic E-state index is -0.590. The number of hydrogen-bond donors (Lipinski definition) is 0. The molecule has 0 saturated heterocycles. The summed E-state index contributed by atoms with van der Waals surface area (Å²) >= 11 is 0. The van der Waals surface area contributed by atoms with E-state index in [1.807, 2.05) is 6.07 Å². The fourth-order valence-corrected chi connectivity index (χ4v) is 2.29. The van der Waals surface area contributed by atoms with Crippen LogP contribution in [0, 0.1) is 24.1 Å². The molecule has 21 heavy (non-hydrogen) atoms. The summed E-state index contributed by atoms with van der Waals surface area (Å²) in [6.45, 7) is 1.68. The molecule has 4 nitrogen and oxygen atoms in total. The van der Waals surface area contributed by atoms with Crippen LogP contribution in [-0.2, 0) is 0 Å². The van der Waals surface area contributed by atoms with Gasteiger partial charge in [-0.15, -0.1) is 0 Å². The molecular formula is C16H10FN3O. The van der Waals surface area contributed by atoms with Gasteiger partial charge in [-0.2, -0.15) is 5.26 Å². The normalized spacial score (nSPS) is 10.5. The lowest BCUT2D eigenvalue weighted by Gasteiger charge is -2.11. The lowest BCUT2D eigenvalue weighted by atomic mass is 10.2. The number of nitriles is 1. The molecule has 0 aliphatic heterocycles. The molecule has 0 aliphatic carbocycles. The van der Waals surface area contributed by atoms with Crippen LogP contribution in [0.2, 0.25) is 0 Å². The molecule has 1 heterocycles. The minimum absolute atomic E-state index is 0.0348. The zero-order chi connectivity index (χ0) is 15.0. The highest BCUT2D eigenvalue weighted by molar-refractivity contribution is 5.78. The Kier molecular flexibility index (Phi) is 2.99. The molecule has 0 bridgehead atoms. The summed E-state index contributed by atoms with van der Waals surface area (Å²) in [6, 6.07) is 12.9. The van der Waals surface area contributed by atoms with Crippen LogP contribution in [0.4, 0.5) is 4.39 Å². The predicted molar refractivity (Wildman–Crippen MR) is 76.8 cm³/mol. The Balaban J connectivity index is 2.35. The zero-order valence-electron chi connectivity index (χ0n) is 11.2. The molecule has 0 aliphatic rings. The molecular weight excluding hydrogens is 269 g/mol. The Bertz CT molecular complexity index is 937. The van der Waals surface area contributed by atoms with E-state index in [0.29, 0.717) is 22.6 Å². The number of fused-ring (bicyclic) bond motifs is 1. The third-order valence-electron chi connectivity index (χ3n) is 3.27. The fraction of sp³-hybridized carbons (Fsp3) is 0.0625. The SMILES string of the molecule is Cc1nc2cccc(F)c2c(=O)n1-c1ccc(C#N)cc1. The van der Waals surface area contributed by atoms with Gasteiger partial charge in [-0.05, 0) is 43.3 Å². The van der Waals surface area contributed by atoms with Gasteiger partial charge in [0.2, 0.25) is 0 Å².